The maximum atomic E-state index is 11.1. The molecule has 0 amide bonds. The molecule has 0 radical (unpaired) electrons. The normalized spacial score (nSPS) is 10.2. The molecule has 0 unspecified atom stereocenters. The lowest BCUT2D eigenvalue weighted by atomic mass is 10.2. The zero-order valence-electron chi connectivity index (χ0n) is 7.23. The summed E-state index contributed by atoms with van der Waals surface area (Å²) in [7, 11) is 0. The predicted octanol–water partition coefficient (Wildman–Crippen LogP) is 2.36. The largest absolute Gasteiger partial charge is 0.618 e. The maximum absolute atomic E-state index is 11.1. The Bertz CT molecular complexity index is 408. The highest BCUT2D eigenvalue weighted by molar-refractivity contribution is 7.13. The molecule has 3 heteroatoms. The first-order chi connectivity index (χ1) is 6.29. The van der Waals surface area contributed by atoms with E-state index in [1.165, 1.54) is 11.3 Å². The fourth-order valence-electron chi connectivity index (χ4n) is 1.23. The van der Waals surface area contributed by atoms with Crippen molar-refractivity contribution in [2.45, 2.75) is 6.92 Å². The highest BCUT2D eigenvalue weighted by atomic mass is 32.1. The molecule has 1 aromatic heterocycles. The Kier molecular flexibility index (Phi) is 2.02. The van der Waals surface area contributed by atoms with E-state index in [1.807, 2.05) is 37.3 Å². The lowest BCUT2D eigenvalue weighted by Crippen LogP contribution is -2.25. The molecule has 0 saturated heterocycles. The van der Waals surface area contributed by atoms with Crippen molar-refractivity contribution in [1.29, 1.82) is 0 Å². The second-order valence-corrected chi connectivity index (χ2v) is 3.68. The van der Waals surface area contributed by atoms with Gasteiger partial charge in [-0.25, -0.2) is 0 Å². The van der Waals surface area contributed by atoms with E-state index in [4.69, 9.17) is 0 Å². The van der Waals surface area contributed by atoms with Gasteiger partial charge in [-0.3, -0.25) is 0 Å². The van der Waals surface area contributed by atoms with E-state index in [1.54, 1.807) is 5.51 Å². The standard InChI is InChI=1S/C10H9NOS/c1-8-10(13-7-11(8)12)9-5-3-2-4-6-9/h2-7H,1H3. The smallest absolute Gasteiger partial charge is 0.236 e. The van der Waals surface area contributed by atoms with Gasteiger partial charge < -0.3 is 5.21 Å². The van der Waals surface area contributed by atoms with Gasteiger partial charge in [-0.05, 0) is 5.56 Å². The van der Waals surface area contributed by atoms with Crippen molar-refractivity contribution in [2.24, 2.45) is 0 Å². The van der Waals surface area contributed by atoms with E-state index in [2.05, 4.69) is 0 Å². The predicted molar refractivity (Wildman–Crippen MR) is 53.5 cm³/mol. The van der Waals surface area contributed by atoms with E-state index in [9.17, 15) is 5.21 Å². The molecule has 13 heavy (non-hydrogen) atoms. The molecule has 0 atom stereocenters. The van der Waals surface area contributed by atoms with Crippen LogP contribution in [0.1, 0.15) is 5.69 Å². The zero-order valence-corrected chi connectivity index (χ0v) is 8.04. The van der Waals surface area contributed by atoms with Gasteiger partial charge in [0.25, 0.3) is 0 Å². The molecule has 2 aromatic rings. The molecule has 0 bridgehead atoms. The monoisotopic (exact) mass is 191 g/mol. The molecule has 0 N–H and O–H groups in total. The van der Waals surface area contributed by atoms with Gasteiger partial charge in [-0.15, -0.1) is 0 Å². The van der Waals surface area contributed by atoms with Crippen molar-refractivity contribution in [3.8, 4) is 10.4 Å². The minimum atomic E-state index is 0.774. The number of benzene rings is 1. The zero-order chi connectivity index (χ0) is 9.26. The average molecular weight is 191 g/mol. The molecular weight excluding hydrogens is 182 g/mol. The van der Waals surface area contributed by atoms with Gasteiger partial charge in [0, 0.05) is 6.92 Å². The second-order valence-electron chi connectivity index (χ2n) is 2.83. The summed E-state index contributed by atoms with van der Waals surface area (Å²) in [5.74, 6) is 0. The SMILES string of the molecule is Cc1c(-c2ccccc2)sc[n+]1[O-]. The third-order valence-corrected chi connectivity index (χ3v) is 3.03. The molecular formula is C10H9NOS. The summed E-state index contributed by atoms with van der Waals surface area (Å²) in [6.45, 7) is 1.84. The molecule has 66 valence electrons. The Hall–Kier alpha value is -1.35. The minimum absolute atomic E-state index is 0.774. The van der Waals surface area contributed by atoms with E-state index in [0.29, 0.717) is 0 Å². The summed E-state index contributed by atoms with van der Waals surface area (Å²) in [4.78, 5) is 1.05. The van der Waals surface area contributed by atoms with Gasteiger partial charge in [0.05, 0.1) is 0 Å². The second kappa shape index (κ2) is 3.18. The van der Waals surface area contributed by atoms with Gasteiger partial charge in [-0.1, -0.05) is 41.7 Å². The van der Waals surface area contributed by atoms with Gasteiger partial charge in [-0.2, -0.15) is 4.73 Å². The van der Waals surface area contributed by atoms with Crippen LogP contribution in [0.4, 0.5) is 0 Å². The van der Waals surface area contributed by atoms with Gasteiger partial charge in [0.15, 0.2) is 0 Å². The molecule has 1 heterocycles. The number of hydrogen-bond donors (Lipinski definition) is 0. The number of hydrogen-bond acceptors (Lipinski definition) is 2. The Morgan fingerprint density at radius 3 is 2.46 bits per heavy atom. The van der Waals surface area contributed by atoms with Crippen molar-refractivity contribution < 1.29 is 4.73 Å². The fraction of sp³-hybridized carbons (Fsp3) is 0.100. The Morgan fingerprint density at radius 1 is 1.23 bits per heavy atom. The summed E-state index contributed by atoms with van der Waals surface area (Å²) in [6, 6.07) is 9.95. The summed E-state index contributed by atoms with van der Waals surface area (Å²) in [5.41, 5.74) is 3.47. The first-order valence-corrected chi connectivity index (χ1v) is 4.89. The van der Waals surface area contributed by atoms with Crippen molar-refractivity contribution in [3.05, 3.63) is 46.7 Å². The quantitative estimate of drug-likeness (QED) is 0.502. The van der Waals surface area contributed by atoms with Crippen LogP contribution < -0.4 is 4.73 Å². The first kappa shape index (κ1) is 8.26. The topological polar surface area (TPSA) is 26.9 Å². The minimum Gasteiger partial charge on any atom is -0.618 e. The number of rotatable bonds is 1. The molecule has 0 aliphatic heterocycles. The molecule has 2 rings (SSSR count). The maximum Gasteiger partial charge on any atom is 0.236 e. The summed E-state index contributed by atoms with van der Waals surface area (Å²) >= 11 is 1.48. The number of nitrogens with zero attached hydrogens (tertiary/aromatic N) is 1. The molecule has 1 aromatic carbocycles. The third-order valence-electron chi connectivity index (χ3n) is 1.96. The Labute approximate surface area is 80.7 Å². The van der Waals surface area contributed by atoms with Crippen LogP contribution in [0.2, 0.25) is 0 Å². The van der Waals surface area contributed by atoms with Crippen LogP contribution in [0.15, 0.2) is 35.8 Å². The van der Waals surface area contributed by atoms with Crippen LogP contribution in [0, 0.1) is 12.1 Å². The van der Waals surface area contributed by atoms with Crippen LogP contribution in [-0.4, -0.2) is 0 Å². The summed E-state index contributed by atoms with van der Waals surface area (Å²) < 4.78 is 0.910. The lowest BCUT2D eigenvalue weighted by molar-refractivity contribution is -0.606. The van der Waals surface area contributed by atoms with Crippen LogP contribution in [0.3, 0.4) is 0 Å². The van der Waals surface area contributed by atoms with Crippen LogP contribution in [-0.2, 0) is 0 Å². The van der Waals surface area contributed by atoms with E-state index in [-0.39, 0.29) is 0 Å². The number of aromatic nitrogens is 1. The summed E-state index contributed by atoms with van der Waals surface area (Å²) in [5, 5.41) is 11.1. The van der Waals surface area contributed by atoms with E-state index < -0.39 is 0 Å². The van der Waals surface area contributed by atoms with Gasteiger partial charge >= 0.3 is 0 Å². The first-order valence-electron chi connectivity index (χ1n) is 4.01. The average Bonchev–Trinajstić information content (AvgIpc) is 2.49. The number of thiazole rings is 1. The van der Waals surface area contributed by atoms with E-state index >= 15 is 0 Å². The third kappa shape index (κ3) is 1.42. The molecule has 0 spiro atoms. The van der Waals surface area contributed by atoms with Gasteiger partial charge in [0.1, 0.15) is 4.88 Å². The fourth-order valence-corrected chi connectivity index (χ4v) is 2.12. The van der Waals surface area contributed by atoms with Crippen molar-refractivity contribution in [3.63, 3.8) is 0 Å². The molecule has 0 aliphatic rings. The van der Waals surface area contributed by atoms with Crippen molar-refractivity contribution in [1.82, 2.24) is 0 Å². The van der Waals surface area contributed by atoms with Crippen molar-refractivity contribution in [2.75, 3.05) is 0 Å². The van der Waals surface area contributed by atoms with Gasteiger partial charge in [0.2, 0.25) is 11.2 Å². The highest BCUT2D eigenvalue weighted by Crippen LogP contribution is 2.25. The van der Waals surface area contributed by atoms with Crippen LogP contribution in [0.5, 0.6) is 0 Å². The molecule has 2 nitrogen and oxygen atoms in total. The molecule has 0 aliphatic carbocycles. The summed E-state index contributed by atoms with van der Waals surface area (Å²) in [6.07, 6.45) is 0. The highest BCUT2D eigenvalue weighted by Gasteiger charge is 2.11. The van der Waals surface area contributed by atoms with E-state index in [0.717, 1.165) is 20.9 Å². The Morgan fingerprint density at radius 2 is 1.92 bits per heavy atom. The van der Waals surface area contributed by atoms with Crippen LogP contribution >= 0.6 is 11.3 Å². The molecule has 0 fully saturated rings. The van der Waals surface area contributed by atoms with Crippen LogP contribution in [0.25, 0.3) is 10.4 Å². The lowest BCUT2D eigenvalue weighted by Gasteiger charge is -1.96. The Balaban J connectivity index is 2.53. The molecule has 0 saturated carbocycles. The van der Waals surface area contributed by atoms with Crippen molar-refractivity contribution >= 4 is 11.3 Å².